The second-order valence-electron chi connectivity index (χ2n) is 6.63. The molecule has 6 heteroatoms. The van der Waals surface area contributed by atoms with Gasteiger partial charge in [-0.05, 0) is 43.5 Å². The van der Waals surface area contributed by atoms with Gasteiger partial charge in [0.15, 0.2) is 0 Å². The molecule has 1 aromatic heterocycles. The molecule has 138 valence electrons. The third-order valence-electron chi connectivity index (χ3n) is 4.59. The zero-order chi connectivity index (χ0) is 18.7. The van der Waals surface area contributed by atoms with Gasteiger partial charge >= 0.3 is 5.97 Å². The number of aryl methyl sites for hydroxylation is 1. The topological polar surface area (TPSA) is 71.8 Å². The third-order valence-corrected chi connectivity index (χ3v) is 4.59. The number of benzene rings is 1. The van der Waals surface area contributed by atoms with Crippen LogP contribution in [0.15, 0.2) is 34.7 Å². The van der Waals surface area contributed by atoms with Gasteiger partial charge in [0.1, 0.15) is 5.76 Å². The lowest BCUT2D eigenvalue weighted by Crippen LogP contribution is -2.25. The van der Waals surface area contributed by atoms with Gasteiger partial charge in [-0.15, -0.1) is 0 Å². The predicted octanol–water partition coefficient (Wildman–Crippen LogP) is 2.90. The van der Waals surface area contributed by atoms with Crippen LogP contribution in [-0.4, -0.2) is 37.0 Å². The quantitative estimate of drug-likeness (QED) is 0.773. The number of esters is 1. The summed E-state index contributed by atoms with van der Waals surface area (Å²) in [5.74, 6) is 0.499. The minimum Gasteiger partial charge on any atom is -0.463 e. The van der Waals surface area contributed by atoms with Gasteiger partial charge in [-0.25, -0.2) is 4.79 Å². The zero-order valence-corrected chi connectivity index (χ0v) is 15.4. The largest absolute Gasteiger partial charge is 0.463 e. The maximum Gasteiger partial charge on any atom is 0.374 e. The highest BCUT2D eigenvalue weighted by Gasteiger charge is 2.30. The number of amides is 1. The normalized spacial score (nSPS) is 13.7. The second kappa shape index (κ2) is 7.74. The average Bonchev–Trinajstić information content (AvgIpc) is 3.44. The van der Waals surface area contributed by atoms with Gasteiger partial charge in [-0.1, -0.05) is 12.1 Å². The molecule has 1 N–H and O–H groups in total. The van der Waals surface area contributed by atoms with E-state index in [9.17, 15) is 9.59 Å². The molecule has 1 fully saturated rings. The van der Waals surface area contributed by atoms with Gasteiger partial charge in [0, 0.05) is 30.8 Å². The van der Waals surface area contributed by atoms with Crippen LogP contribution >= 0.6 is 0 Å². The van der Waals surface area contributed by atoms with E-state index in [1.165, 1.54) is 20.0 Å². The molecular weight excluding hydrogens is 332 g/mol. The highest BCUT2D eigenvalue weighted by atomic mass is 16.5. The first-order valence-corrected chi connectivity index (χ1v) is 8.74. The number of hydrogen-bond donors (Lipinski definition) is 1. The SMILES string of the molecule is CNC(=O)c1ccc(CN(Cc2cc(C)c(C(=O)OC)o2)C2CC2)cc1. The number of furan rings is 1. The van der Waals surface area contributed by atoms with Crippen molar-refractivity contribution in [3.8, 4) is 0 Å². The van der Waals surface area contributed by atoms with E-state index in [1.807, 2.05) is 37.3 Å². The molecular formula is C20H24N2O4. The van der Waals surface area contributed by atoms with Gasteiger partial charge < -0.3 is 14.5 Å². The van der Waals surface area contributed by atoms with Crippen molar-refractivity contribution in [1.82, 2.24) is 10.2 Å². The van der Waals surface area contributed by atoms with Crippen LogP contribution < -0.4 is 5.32 Å². The van der Waals surface area contributed by atoms with Crippen LogP contribution in [0.2, 0.25) is 0 Å². The molecule has 1 aliphatic rings. The fraction of sp³-hybridized carbons (Fsp3) is 0.400. The molecule has 0 saturated heterocycles. The van der Waals surface area contributed by atoms with Crippen LogP contribution in [0.1, 0.15) is 50.6 Å². The average molecular weight is 356 g/mol. The summed E-state index contributed by atoms with van der Waals surface area (Å²) < 4.78 is 10.5. The fourth-order valence-corrected chi connectivity index (χ4v) is 3.02. The van der Waals surface area contributed by atoms with E-state index in [-0.39, 0.29) is 11.7 Å². The van der Waals surface area contributed by atoms with Crippen LogP contribution in [-0.2, 0) is 17.8 Å². The standard InChI is InChI=1S/C20H24N2O4/c1-13-10-17(26-18(13)20(24)25-3)12-22(16-8-9-16)11-14-4-6-15(7-5-14)19(23)21-2/h4-7,10,16H,8-9,11-12H2,1-3H3,(H,21,23). The number of carbonyl (C=O) groups excluding carboxylic acids is 2. The molecule has 0 aliphatic heterocycles. The first-order valence-electron chi connectivity index (χ1n) is 8.74. The lowest BCUT2D eigenvalue weighted by Gasteiger charge is -2.21. The van der Waals surface area contributed by atoms with Crippen molar-refractivity contribution in [3.63, 3.8) is 0 Å². The maximum atomic E-state index is 11.7. The van der Waals surface area contributed by atoms with Crippen LogP contribution in [0.25, 0.3) is 0 Å². The van der Waals surface area contributed by atoms with Crippen molar-refractivity contribution in [2.24, 2.45) is 0 Å². The molecule has 1 saturated carbocycles. The Morgan fingerprint density at radius 2 is 1.92 bits per heavy atom. The van der Waals surface area contributed by atoms with Crippen molar-refractivity contribution in [1.29, 1.82) is 0 Å². The van der Waals surface area contributed by atoms with Gasteiger partial charge in [0.05, 0.1) is 13.7 Å². The van der Waals surface area contributed by atoms with E-state index in [0.29, 0.717) is 18.2 Å². The van der Waals surface area contributed by atoms with Crippen LogP contribution in [0.3, 0.4) is 0 Å². The smallest absolute Gasteiger partial charge is 0.374 e. The molecule has 3 rings (SSSR count). The van der Waals surface area contributed by atoms with Crippen molar-refractivity contribution < 1.29 is 18.7 Å². The van der Waals surface area contributed by atoms with E-state index in [0.717, 1.165) is 23.4 Å². The highest BCUT2D eigenvalue weighted by Crippen LogP contribution is 2.30. The van der Waals surface area contributed by atoms with Gasteiger partial charge in [-0.2, -0.15) is 0 Å². The van der Waals surface area contributed by atoms with Crippen LogP contribution in [0.5, 0.6) is 0 Å². The second-order valence-corrected chi connectivity index (χ2v) is 6.63. The van der Waals surface area contributed by atoms with Gasteiger partial charge in [-0.3, -0.25) is 9.69 Å². The number of nitrogens with zero attached hydrogens (tertiary/aromatic N) is 1. The molecule has 1 aliphatic carbocycles. The Balaban J connectivity index is 1.70. The summed E-state index contributed by atoms with van der Waals surface area (Å²) in [4.78, 5) is 25.7. The Hall–Kier alpha value is -2.60. The summed E-state index contributed by atoms with van der Waals surface area (Å²) >= 11 is 0. The summed E-state index contributed by atoms with van der Waals surface area (Å²) in [5, 5.41) is 2.62. The van der Waals surface area contributed by atoms with Crippen molar-refractivity contribution in [2.45, 2.75) is 38.9 Å². The lowest BCUT2D eigenvalue weighted by molar-refractivity contribution is 0.0559. The Labute approximate surface area is 153 Å². The van der Waals surface area contributed by atoms with E-state index < -0.39 is 5.97 Å². The number of nitrogens with one attached hydrogen (secondary N) is 1. The first kappa shape index (κ1) is 18.2. The molecule has 0 radical (unpaired) electrons. The van der Waals surface area contributed by atoms with Crippen molar-refractivity contribution >= 4 is 11.9 Å². The lowest BCUT2D eigenvalue weighted by atomic mass is 10.1. The van der Waals surface area contributed by atoms with E-state index in [1.54, 1.807) is 7.05 Å². The minimum atomic E-state index is -0.448. The highest BCUT2D eigenvalue weighted by molar-refractivity contribution is 5.93. The monoisotopic (exact) mass is 356 g/mol. The summed E-state index contributed by atoms with van der Waals surface area (Å²) in [6, 6.07) is 10.1. The fourth-order valence-electron chi connectivity index (χ4n) is 3.02. The summed E-state index contributed by atoms with van der Waals surface area (Å²) in [6.45, 7) is 3.25. The number of rotatable bonds is 7. The van der Waals surface area contributed by atoms with E-state index in [2.05, 4.69) is 10.2 Å². The van der Waals surface area contributed by atoms with Gasteiger partial charge in [0.25, 0.3) is 5.91 Å². The number of methoxy groups -OCH3 is 1. The summed E-state index contributed by atoms with van der Waals surface area (Å²) in [6.07, 6.45) is 2.33. The molecule has 0 unspecified atom stereocenters. The summed E-state index contributed by atoms with van der Waals surface area (Å²) in [5.41, 5.74) is 2.58. The molecule has 2 aromatic rings. The molecule has 0 bridgehead atoms. The molecule has 1 amide bonds. The molecule has 1 aromatic carbocycles. The number of carbonyl (C=O) groups is 2. The number of ether oxygens (including phenoxy) is 1. The molecule has 1 heterocycles. The molecule has 0 spiro atoms. The number of hydrogen-bond acceptors (Lipinski definition) is 5. The minimum absolute atomic E-state index is 0.0861. The zero-order valence-electron chi connectivity index (χ0n) is 15.4. The third kappa shape index (κ3) is 4.14. The van der Waals surface area contributed by atoms with E-state index in [4.69, 9.17) is 9.15 Å². The van der Waals surface area contributed by atoms with Crippen molar-refractivity contribution in [2.75, 3.05) is 14.2 Å². The van der Waals surface area contributed by atoms with Crippen LogP contribution in [0.4, 0.5) is 0 Å². The summed E-state index contributed by atoms with van der Waals surface area (Å²) in [7, 11) is 2.97. The van der Waals surface area contributed by atoms with E-state index >= 15 is 0 Å². The van der Waals surface area contributed by atoms with Gasteiger partial charge in [0.2, 0.25) is 5.76 Å². The Bertz CT molecular complexity index is 791. The first-order chi connectivity index (χ1) is 12.5. The maximum absolute atomic E-state index is 11.7. The molecule has 6 nitrogen and oxygen atoms in total. The predicted molar refractivity (Wildman–Crippen MR) is 96.9 cm³/mol. The Morgan fingerprint density at radius 3 is 2.50 bits per heavy atom. The molecule has 26 heavy (non-hydrogen) atoms. The Kier molecular flexibility index (Phi) is 5.42. The Morgan fingerprint density at radius 1 is 1.23 bits per heavy atom. The molecule has 0 atom stereocenters. The van der Waals surface area contributed by atoms with Crippen molar-refractivity contribution in [3.05, 3.63) is 58.5 Å². The van der Waals surface area contributed by atoms with Crippen LogP contribution in [0, 0.1) is 6.92 Å².